The molecule has 1 unspecified atom stereocenters. The molecule has 0 bridgehead atoms. The highest BCUT2D eigenvalue weighted by atomic mass is 16.5. The lowest BCUT2D eigenvalue weighted by molar-refractivity contribution is -0.148. The summed E-state index contributed by atoms with van der Waals surface area (Å²) in [7, 11) is 6.06. The summed E-state index contributed by atoms with van der Waals surface area (Å²) in [5.74, 6) is -1.99. The van der Waals surface area contributed by atoms with Gasteiger partial charge in [0.15, 0.2) is 0 Å². The van der Waals surface area contributed by atoms with E-state index in [1.54, 1.807) is 49.1 Å². The molecule has 3 N–H and O–H groups in total. The zero-order chi connectivity index (χ0) is 34.4. The second kappa shape index (κ2) is 19.5. The van der Waals surface area contributed by atoms with Crippen molar-refractivity contribution in [3.8, 4) is 0 Å². The Morgan fingerprint density at radius 2 is 1.73 bits per heavy atom. The standard InChI is InChI=1S/C34H58N4O7/c1-12-14-16-22(5)19-25(34(42)45-11)36-32(40)24(7)31(44-10)26-17-15-18-38(26)28(39)20-27(43-9)30(23(6)13-2)37(8)33(41)29(35)21(3)4/h12,14,16,21,23-27,29-31H,1,5,13,15,17-20,35H2,2-4,6-11H3,(H,36,40)/b16-14-/t23-,24?,25-,26-,27+,29-,30-,31+/m0/s1. The summed E-state index contributed by atoms with van der Waals surface area (Å²) in [5.41, 5.74) is 6.83. The number of nitrogens with two attached hydrogens (primary N) is 1. The zero-order valence-corrected chi connectivity index (χ0v) is 28.9. The topological polar surface area (TPSA) is 140 Å². The summed E-state index contributed by atoms with van der Waals surface area (Å²) >= 11 is 0. The maximum Gasteiger partial charge on any atom is 0.328 e. The Kier molecular flexibility index (Phi) is 17.3. The average molecular weight is 635 g/mol. The maximum absolute atomic E-state index is 13.9. The highest BCUT2D eigenvalue weighted by molar-refractivity contribution is 5.86. The molecule has 11 heteroatoms. The minimum Gasteiger partial charge on any atom is -0.467 e. The summed E-state index contributed by atoms with van der Waals surface area (Å²) in [6, 6.07) is -2.32. The lowest BCUT2D eigenvalue weighted by atomic mass is 9.89. The third-order valence-corrected chi connectivity index (χ3v) is 9.00. The van der Waals surface area contributed by atoms with Crippen LogP contribution in [0.3, 0.4) is 0 Å². The van der Waals surface area contributed by atoms with E-state index in [9.17, 15) is 19.2 Å². The molecule has 0 radical (unpaired) electrons. The van der Waals surface area contributed by atoms with Gasteiger partial charge in [-0.2, -0.15) is 0 Å². The Labute approximate surface area is 270 Å². The van der Waals surface area contributed by atoms with Crippen molar-refractivity contribution in [2.45, 2.75) is 103 Å². The van der Waals surface area contributed by atoms with Crippen molar-refractivity contribution in [2.75, 3.05) is 34.9 Å². The van der Waals surface area contributed by atoms with Gasteiger partial charge < -0.3 is 35.1 Å². The van der Waals surface area contributed by atoms with Crippen LogP contribution in [0.15, 0.2) is 37.0 Å². The highest BCUT2D eigenvalue weighted by Gasteiger charge is 2.42. The van der Waals surface area contributed by atoms with E-state index in [-0.39, 0.29) is 48.6 Å². The first kappa shape index (κ1) is 40.0. The molecular formula is C34H58N4O7. The van der Waals surface area contributed by atoms with E-state index < -0.39 is 42.1 Å². The number of rotatable bonds is 19. The van der Waals surface area contributed by atoms with Gasteiger partial charge in [-0.25, -0.2) is 4.79 Å². The van der Waals surface area contributed by atoms with Gasteiger partial charge >= 0.3 is 5.97 Å². The Balaban J connectivity index is 3.17. The molecule has 0 spiro atoms. The lowest BCUT2D eigenvalue weighted by Gasteiger charge is -2.40. The zero-order valence-electron chi connectivity index (χ0n) is 28.9. The molecule has 1 fully saturated rings. The quantitative estimate of drug-likeness (QED) is 0.163. The number of likely N-dealkylation sites (N-methyl/N-ethyl adjacent to an activating group) is 1. The van der Waals surface area contributed by atoms with Crippen LogP contribution in [-0.4, -0.2) is 105 Å². The fourth-order valence-corrected chi connectivity index (χ4v) is 6.00. The molecular weight excluding hydrogens is 576 g/mol. The van der Waals surface area contributed by atoms with Crippen molar-refractivity contribution < 1.29 is 33.4 Å². The van der Waals surface area contributed by atoms with Gasteiger partial charge in [0.2, 0.25) is 17.7 Å². The smallest absolute Gasteiger partial charge is 0.328 e. The van der Waals surface area contributed by atoms with Gasteiger partial charge in [-0.15, -0.1) is 0 Å². The van der Waals surface area contributed by atoms with Crippen LogP contribution >= 0.6 is 0 Å². The second-order valence-electron chi connectivity index (χ2n) is 12.4. The number of allylic oxidation sites excluding steroid dienone is 3. The van der Waals surface area contributed by atoms with E-state index in [1.165, 1.54) is 14.2 Å². The number of esters is 1. The summed E-state index contributed by atoms with van der Waals surface area (Å²) in [4.78, 5) is 56.4. The fraction of sp³-hybridized carbons (Fsp3) is 0.706. The van der Waals surface area contributed by atoms with Crippen LogP contribution in [-0.2, 0) is 33.4 Å². The van der Waals surface area contributed by atoms with E-state index in [1.807, 2.05) is 27.7 Å². The summed E-state index contributed by atoms with van der Waals surface area (Å²) < 4.78 is 16.6. The Morgan fingerprint density at radius 3 is 2.24 bits per heavy atom. The summed E-state index contributed by atoms with van der Waals surface area (Å²) in [5, 5.41) is 2.79. The van der Waals surface area contributed by atoms with Gasteiger partial charge in [0.1, 0.15) is 6.04 Å². The molecule has 1 aliphatic rings. The molecule has 1 rings (SSSR count). The molecule has 0 aromatic heterocycles. The number of nitrogens with zero attached hydrogens (tertiary/aromatic N) is 2. The number of ether oxygens (including phenoxy) is 3. The largest absolute Gasteiger partial charge is 0.467 e. The number of nitrogens with one attached hydrogen (secondary N) is 1. The average Bonchev–Trinajstić information content (AvgIpc) is 3.51. The van der Waals surface area contributed by atoms with E-state index >= 15 is 0 Å². The molecule has 0 aromatic rings. The first-order chi connectivity index (χ1) is 21.2. The van der Waals surface area contributed by atoms with Crippen molar-refractivity contribution in [1.82, 2.24) is 15.1 Å². The number of likely N-dealkylation sites (tertiary alicyclic amines) is 1. The Bertz CT molecular complexity index is 1050. The predicted octanol–water partition coefficient (Wildman–Crippen LogP) is 3.24. The SMILES string of the molecule is C=C/C=C\C(=C)C[C@H](NC(=O)C(C)[C@@H](OC)[C@@H]1CCCN1C(=O)C[C@@H](OC)[C@H]([C@@H](C)CC)N(C)C(=O)[C@@H](N)C(C)C)C(=O)OC. The van der Waals surface area contributed by atoms with E-state index in [0.29, 0.717) is 18.5 Å². The molecule has 0 aliphatic carbocycles. The Hall–Kier alpha value is -3.02. The number of methoxy groups -OCH3 is 3. The lowest BCUT2D eigenvalue weighted by Crippen LogP contribution is -2.56. The molecule has 45 heavy (non-hydrogen) atoms. The van der Waals surface area contributed by atoms with E-state index in [2.05, 4.69) is 18.5 Å². The van der Waals surface area contributed by atoms with Crippen LogP contribution in [0.5, 0.6) is 0 Å². The molecule has 0 saturated carbocycles. The molecule has 1 heterocycles. The number of hydrogen-bond acceptors (Lipinski definition) is 8. The molecule has 11 nitrogen and oxygen atoms in total. The number of carbonyl (C=O) groups is 4. The monoisotopic (exact) mass is 634 g/mol. The van der Waals surface area contributed by atoms with Crippen LogP contribution in [0.1, 0.15) is 66.7 Å². The molecule has 256 valence electrons. The summed E-state index contributed by atoms with van der Waals surface area (Å²) in [6.45, 7) is 17.7. The van der Waals surface area contributed by atoms with Gasteiger partial charge in [-0.1, -0.05) is 78.0 Å². The van der Waals surface area contributed by atoms with Gasteiger partial charge in [-0.05, 0) is 24.7 Å². The number of amides is 3. The van der Waals surface area contributed by atoms with E-state index in [4.69, 9.17) is 19.9 Å². The third kappa shape index (κ3) is 11.1. The first-order valence-electron chi connectivity index (χ1n) is 15.9. The number of carbonyl (C=O) groups excluding carboxylic acids is 4. The van der Waals surface area contributed by atoms with Crippen molar-refractivity contribution in [1.29, 1.82) is 0 Å². The first-order valence-corrected chi connectivity index (χ1v) is 15.9. The van der Waals surface area contributed by atoms with Crippen molar-refractivity contribution in [3.63, 3.8) is 0 Å². The van der Waals surface area contributed by atoms with Gasteiger partial charge in [0, 0.05) is 34.2 Å². The normalized spacial score (nSPS) is 19.7. The molecule has 1 aliphatic heterocycles. The van der Waals surface area contributed by atoms with Crippen LogP contribution in [0.2, 0.25) is 0 Å². The Morgan fingerprint density at radius 1 is 1.09 bits per heavy atom. The highest BCUT2D eigenvalue weighted by Crippen LogP contribution is 2.29. The molecule has 3 amide bonds. The molecule has 0 aromatic carbocycles. The second-order valence-corrected chi connectivity index (χ2v) is 12.4. The van der Waals surface area contributed by atoms with Gasteiger partial charge in [0.05, 0.1) is 49.8 Å². The van der Waals surface area contributed by atoms with Crippen LogP contribution in [0.4, 0.5) is 0 Å². The minimum atomic E-state index is -0.936. The van der Waals surface area contributed by atoms with Crippen LogP contribution in [0, 0.1) is 17.8 Å². The summed E-state index contributed by atoms with van der Waals surface area (Å²) in [6.07, 6.45) is 6.21. The van der Waals surface area contributed by atoms with Crippen LogP contribution < -0.4 is 11.1 Å². The molecule has 1 saturated heterocycles. The fourth-order valence-electron chi connectivity index (χ4n) is 6.00. The minimum absolute atomic E-state index is 0.0356. The van der Waals surface area contributed by atoms with Crippen molar-refractivity contribution in [2.24, 2.45) is 23.5 Å². The van der Waals surface area contributed by atoms with E-state index in [0.717, 1.165) is 12.8 Å². The predicted molar refractivity (Wildman–Crippen MR) is 176 cm³/mol. The third-order valence-electron chi connectivity index (χ3n) is 9.00. The van der Waals surface area contributed by atoms with Gasteiger partial charge in [0.25, 0.3) is 0 Å². The number of hydrogen-bond donors (Lipinski definition) is 2. The van der Waals surface area contributed by atoms with Crippen molar-refractivity contribution >= 4 is 23.7 Å². The van der Waals surface area contributed by atoms with Crippen LogP contribution in [0.25, 0.3) is 0 Å². The maximum atomic E-state index is 13.9. The van der Waals surface area contributed by atoms with Crippen molar-refractivity contribution in [3.05, 3.63) is 37.0 Å². The van der Waals surface area contributed by atoms with Gasteiger partial charge in [-0.3, -0.25) is 14.4 Å². The molecule has 8 atom stereocenters.